The van der Waals surface area contributed by atoms with Crippen LogP contribution in [0.5, 0.6) is 0 Å². The zero-order valence-electron chi connectivity index (χ0n) is 14.6. The molecule has 1 saturated heterocycles. The van der Waals surface area contributed by atoms with Crippen LogP contribution in [0.4, 0.5) is 13.2 Å². The van der Waals surface area contributed by atoms with Crippen LogP contribution in [0.3, 0.4) is 0 Å². The fourth-order valence-corrected chi connectivity index (χ4v) is 3.99. The number of amides is 1. The number of fused-ring (bicyclic) bond motifs is 1. The summed E-state index contributed by atoms with van der Waals surface area (Å²) in [7, 11) is 1.72. The number of aromatic nitrogens is 2. The van der Waals surface area contributed by atoms with E-state index in [0.29, 0.717) is 23.7 Å². The van der Waals surface area contributed by atoms with E-state index in [0.717, 1.165) is 17.8 Å². The van der Waals surface area contributed by atoms with Crippen molar-refractivity contribution < 1.29 is 22.7 Å². The zero-order valence-corrected chi connectivity index (χ0v) is 15.4. The lowest BCUT2D eigenvalue weighted by Crippen LogP contribution is -2.50. The Labute approximate surface area is 158 Å². The number of carbonyl (C=O) groups is 1. The molecule has 4 rings (SSSR count). The smallest absolute Gasteiger partial charge is 0.228 e. The molecule has 0 radical (unpaired) electrons. The molecular formula is C18H18F3N3O2S. The normalized spacial score (nSPS) is 19.0. The maximum atomic E-state index is 14.2. The number of imidazole rings is 1. The van der Waals surface area contributed by atoms with Gasteiger partial charge in [-0.3, -0.25) is 4.79 Å². The van der Waals surface area contributed by atoms with Gasteiger partial charge in [-0.2, -0.15) is 0 Å². The summed E-state index contributed by atoms with van der Waals surface area (Å²) in [4.78, 5) is 17.2. The first kappa shape index (κ1) is 18.2. The molecule has 1 unspecified atom stereocenters. The van der Waals surface area contributed by atoms with Gasteiger partial charge in [-0.05, 0) is 30.8 Å². The lowest BCUT2D eigenvalue weighted by atomic mass is 9.95. The summed E-state index contributed by atoms with van der Waals surface area (Å²) in [6.07, 6.45) is 0.392. The third-order valence-corrected chi connectivity index (χ3v) is 5.72. The molecule has 1 fully saturated rings. The molecule has 1 aromatic heterocycles. The van der Waals surface area contributed by atoms with Crippen molar-refractivity contribution in [3.63, 3.8) is 0 Å². The molecule has 0 spiro atoms. The Morgan fingerprint density at radius 3 is 2.70 bits per heavy atom. The van der Waals surface area contributed by atoms with Gasteiger partial charge in [-0.25, -0.2) is 13.2 Å². The number of benzene rings is 1. The lowest BCUT2D eigenvalue weighted by Gasteiger charge is -2.34. The first-order valence-corrected chi connectivity index (χ1v) is 9.05. The van der Waals surface area contributed by atoms with Gasteiger partial charge >= 0.3 is 0 Å². The second-order valence-electron chi connectivity index (χ2n) is 7.00. The molecular weight excluding hydrogens is 379 g/mol. The van der Waals surface area contributed by atoms with Crippen molar-refractivity contribution in [2.75, 3.05) is 20.3 Å². The summed E-state index contributed by atoms with van der Waals surface area (Å²) in [6.45, 7) is 1.28. The van der Waals surface area contributed by atoms with Gasteiger partial charge in [-0.15, -0.1) is 0 Å². The highest BCUT2D eigenvalue weighted by Crippen LogP contribution is 2.35. The summed E-state index contributed by atoms with van der Waals surface area (Å²) < 4.78 is 49.1. The molecule has 0 saturated carbocycles. The monoisotopic (exact) mass is 397 g/mol. The number of rotatable bonds is 4. The number of ether oxygens (including phenoxy) is 1. The summed E-state index contributed by atoms with van der Waals surface area (Å²) in [6, 6.07) is 1.78. The van der Waals surface area contributed by atoms with Crippen molar-refractivity contribution in [3.05, 3.63) is 51.3 Å². The van der Waals surface area contributed by atoms with Crippen LogP contribution in [0.2, 0.25) is 0 Å². The van der Waals surface area contributed by atoms with Gasteiger partial charge in [0, 0.05) is 36.5 Å². The van der Waals surface area contributed by atoms with E-state index < -0.39 is 23.4 Å². The van der Waals surface area contributed by atoms with Crippen molar-refractivity contribution in [2.24, 2.45) is 0 Å². The molecule has 3 heterocycles. The van der Waals surface area contributed by atoms with Crippen LogP contribution in [0.25, 0.3) is 0 Å². The largest absolute Gasteiger partial charge is 0.377 e. The third-order valence-electron chi connectivity index (χ3n) is 5.40. The summed E-state index contributed by atoms with van der Waals surface area (Å²) in [5, 5.41) is 0. The van der Waals surface area contributed by atoms with Gasteiger partial charge in [-0.1, -0.05) is 0 Å². The van der Waals surface area contributed by atoms with E-state index in [9.17, 15) is 18.0 Å². The number of carbonyl (C=O) groups excluding carboxylic acids is 1. The predicted molar refractivity (Wildman–Crippen MR) is 93.5 cm³/mol. The minimum absolute atomic E-state index is 0.0689. The Kier molecular flexibility index (Phi) is 4.59. The molecule has 1 amide bonds. The molecule has 144 valence electrons. The maximum absolute atomic E-state index is 14.2. The average molecular weight is 397 g/mol. The molecule has 1 aromatic carbocycles. The van der Waals surface area contributed by atoms with Crippen LogP contribution in [-0.2, 0) is 28.9 Å². The van der Waals surface area contributed by atoms with Crippen LogP contribution in [0, 0.1) is 22.2 Å². The fraction of sp³-hybridized carbons (Fsp3) is 0.444. The van der Waals surface area contributed by atoms with Crippen LogP contribution < -0.4 is 0 Å². The first-order valence-electron chi connectivity index (χ1n) is 8.64. The van der Waals surface area contributed by atoms with E-state index in [1.165, 1.54) is 0 Å². The number of halogens is 3. The molecule has 5 nitrogen and oxygen atoms in total. The topological polar surface area (TPSA) is 50.3 Å². The second kappa shape index (κ2) is 6.79. The molecule has 1 atom stereocenters. The lowest BCUT2D eigenvalue weighted by molar-refractivity contribution is -0.141. The number of aromatic amines is 1. The van der Waals surface area contributed by atoms with Gasteiger partial charge in [0.1, 0.15) is 5.82 Å². The highest BCUT2D eigenvalue weighted by Gasteiger charge is 2.33. The van der Waals surface area contributed by atoms with Crippen LogP contribution in [0.15, 0.2) is 12.1 Å². The molecule has 2 aromatic rings. The maximum Gasteiger partial charge on any atom is 0.228 e. The van der Waals surface area contributed by atoms with Crippen LogP contribution in [0.1, 0.15) is 22.9 Å². The Morgan fingerprint density at radius 1 is 1.33 bits per heavy atom. The molecule has 27 heavy (non-hydrogen) atoms. The fourth-order valence-electron chi connectivity index (χ4n) is 3.68. The van der Waals surface area contributed by atoms with Crippen molar-refractivity contribution in [1.82, 2.24) is 14.5 Å². The minimum atomic E-state index is -1.16. The minimum Gasteiger partial charge on any atom is -0.377 e. The highest BCUT2D eigenvalue weighted by molar-refractivity contribution is 7.71. The van der Waals surface area contributed by atoms with Gasteiger partial charge in [0.25, 0.3) is 0 Å². The zero-order chi connectivity index (χ0) is 19.3. The third kappa shape index (κ3) is 3.08. The first-order chi connectivity index (χ1) is 12.9. The standard InChI is InChI=1S/C18H18F3N3O2S/c1-23(10-7-26-8-10)15(25)5-13-14-4-9(6-24(14)18(27)22-13)16-11(19)2-3-12(20)17(16)21/h2-3,9-10H,4-8H2,1H3,(H,22,27). The van der Waals surface area contributed by atoms with Gasteiger partial charge < -0.3 is 19.2 Å². The SMILES string of the molecule is CN(C(=O)Cc1[nH]c(=S)n2c1CC(c1c(F)ccc(F)c1F)C2)C1COC1. The van der Waals surface area contributed by atoms with E-state index in [1.807, 2.05) is 0 Å². The number of H-pyrrole nitrogens is 1. The number of likely N-dealkylation sites (N-methyl/N-ethyl adjacent to an activating group) is 1. The van der Waals surface area contributed by atoms with Crippen molar-refractivity contribution in [2.45, 2.75) is 31.3 Å². The Balaban J connectivity index is 1.58. The van der Waals surface area contributed by atoms with E-state index >= 15 is 0 Å². The number of hydrogen-bond acceptors (Lipinski definition) is 3. The second-order valence-corrected chi connectivity index (χ2v) is 7.38. The summed E-state index contributed by atoms with van der Waals surface area (Å²) >= 11 is 5.30. The van der Waals surface area contributed by atoms with Crippen LogP contribution in [-0.4, -0.2) is 46.7 Å². The summed E-state index contributed by atoms with van der Waals surface area (Å²) in [5.74, 6) is -3.68. The highest BCUT2D eigenvalue weighted by atomic mass is 32.1. The van der Waals surface area contributed by atoms with Crippen molar-refractivity contribution in [3.8, 4) is 0 Å². The average Bonchev–Trinajstić information content (AvgIpc) is 3.11. The van der Waals surface area contributed by atoms with E-state index in [4.69, 9.17) is 17.0 Å². The molecule has 9 heteroatoms. The summed E-state index contributed by atoms with van der Waals surface area (Å²) in [5.41, 5.74) is 1.10. The van der Waals surface area contributed by atoms with Crippen molar-refractivity contribution >= 4 is 18.1 Å². The molecule has 0 aliphatic carbocycles. The number of nitrogens with zero attached hydrogens (tertiary/aromatic N) is 2. The Hall–Kier alpha value is -2.13. The number of nitrogens with one attached hydrogen (secondary N) is 1. The van der Waals surface area contributed by atoms with Gasteiger partial charge in [0.15, 0.2) is 16.4 Å². The van der Waals surface area contributed by atoms with Crippen molar-refractivity contribution in [1.29, 1.82) is 0 Å². The van der Waals surface area contributed by atoms with E-state index in [1.54, 1.807) is 16.5 Å². The molecule has 1 N–H and O–H groups in total. The van der Waals surface area contributed by atoms with Crippen LogP contribution >= 0.6 is 12.2 Å². The van der Waals surface area contributed by atoms with E-state index in [-0.39, 0.29) is 36.9 Å². The molecule has 0 bridgehead atoms. The van der Waals surface area contributed by atoms with Gasteiger partial charge in [0.2, 0.25) is 5.91 Å². The number of hydrogen-bond donors (Lipinski definition) is 1. The van der Waals surface area contributed by atoms with E-state index in [2.05, 4.69) is 4.98 Å². The molecule has 2 aliphatic heterocycles. The Morgan fingerprint density at radius 2 is 2.04 bits per heavy atom. The molecule has 2 aliphatic rings. The quantitative estimate of drug-likeness (QED) is 0.638. The van der Waals surface area contributed by atoms with Gasteiger partial charge in [0.05, 0.1) is 25.7 Å². The predicted octanol–water partition coefficient (Wildman–Crippen LogP) is 2.70. The Bertz CT molecular complexity index is 967.